The number of nitrogens with one attached hydrogen (secondary N) is 2. The van der Waals surface area contributed by atoms with Crippen LogP contribution in [0.3, 0.4) is 0 Å². The molecule has 38 heavy (non-hydrogen) atoms. The van der Waals surface area contributed by atoms with E-state index >= 15 is 0 Å². The summed E-state index contributed by atoms with van der Waals surface area (Å²) in [5, 5.41) is 6.88. The zero-order chi connectivity index (χ0) is 26.8. The van der Waals surface area contributed by atoms with E-state index in [-0.39, 0.29) is 24.1 Å². The van der Waals surface area contributed by atoms with Crippen molar-refractivity contribution in [2.24, 2.45) is 0 Å². The first-order valence-corrected chi connectivity index (χ1v) is 13.5. The van der Waals surface area contributed by atoms with E-state index in [1.165, 1.54) is 0 Å². The zero-order valence-corrected chi connectivity index (χ0v) is 22.5. The summed E-state index contributed by atoms with van der Waals surface area (Å²) in [7, 11) is 0. The summed E-state index contributed by atoms with van der Waals surface area (Å²) in [6.07, 6.45) is 4.12. The fourth-order valence-electron chi connectivity index (χ4n) is 5.32. The number of benzene rings is 2. The van der Waals surface area contributed by atoms with Crippen molar-refractivity contribution in [1.29, 1.82) is 0 Å². The molecular weight excluding hydrogens is 527 g/mol. The highest BCUT2D eigenvalue weighted by molar-refractivity contribution is 6.42. The number of Topliss-reactive ketones (excluding diaryl/α,β-unsaturated/α-hetero) is 2. The van der Waals surface area contributed by atoms with Crippen molar-refractivity contribution in [2.45, 2.75) is 51.4 Å². The minimum Gasteiger partial charge on any atom is -0.490 e. The van der Waals surface area contributed by atoms with Crippen LogP contribution in [-0.4, -0.2) is 30.7 Å². The van der Waals surface area contributed by atoms with Crippen molar-refractivity contribution < 1.29 is 23.9 Å². The third-order valence-corrected chi connectivity index (χ3v) is 7.69. The first-order chi connectivity index (χ1) is 18.4. The lowest BCUT2D eigenvalue weighted by Crippen LogP contribution is -2.36. The molecule has 0 spiro atoms. The van der Waals surface area contributed by atoms with Crippen LogP contribution in [-0.2, 0) is 14.4 Å². The van der Waals surface area contributed by atoms with Gasteiger partial charge in [0, 0.05) is 47.0 Å². The van der Waals surface area contributed by atoms with Crippen LogP contribution in [0.2, 0.25) is 10.0 Å². The lowest BCUT2D eigenvalue weighted by molar-refractivity contribution is -0.118. The molecule has 1 heterocycles. The molecule has 0 saturated heterocycles. The Balaban J connectivity index is 1.41. The first-order valence-electron chi connectivity index (χ1n) is 12.8. The molecule has 1 amide bonds. The van der Waals surface area contributed by atoms with E-state index in [4.69, 9.17) is 32.7 Å². The molecule has 0 unspecified atom stereocenters. The second kappa shape index (κ2) is 11.2. The van der Waals surface area contributed by atoms with Crippen molar-refractivity contribution in [3.8, 4) is 11.5 Å². The summed E-state index contributed by atoms with van der Waals surface area (Å²) in [4.78, 5) is 38.7. The number of halogens is 2. The van der Waals surface area contributed by atoms with Gasteiger partial charge in [0.2, 0.25) is 0 Å². The fraction of sp³-hybridized carbons (Fsp3) is 0.345. The molecule has 9 heteroatoms. The summed E-state index contributed by atoms with van der Waals surface area (Å²) in [6, 6.07) is 10.2. The Kier molecular flexibility index (Phi) is 7.77. The van der Waals surface area contributed by atoms with E-state index in [9.17, 15) is 14.4 Å². The second-order valence-corrected chi connectivity index (χ2v) is 10.3. The first kappa shape index (κ1) is 26.3. The molecular formula is C29H28Cl2N2O5. The standard InChI is InChI=1S/C29H28Cl2N2O5/c1-2-37-25-13-16(9-12-24(25)38-15-26(36)32-17-10-11-18(30)19(31)14-17)27-28-20(5-3-7-22(28)34)33-21-6-4-8-23(35)29(21)27/h9-14,27,33H,2-8,15H2,1H3,(H,32,36). The number of amides is 1. The van der Waals surface area contributed by atoms with Gasteiger partial charge in [-0.2, -0.15) is 0 Å². The van der Waals surface area contributed by atoms with Gasteiger partial charge in [-0.15, -0.1) is 0 Å². The van der Waals surface area contributed by atoms with Crippen molar-refractivity contribution in [1.82, 2.24) is 5.32 Å². The fourth-order valence-corrected chi connectivity index (χ4v) is 5.62. The average molecular weight is 555 g/mol. The normalized spacial score (nSPS) is 17.6. The maximum Gasteiger partial charge on any atom is 0.262 e. The number of ether oxygens (including phenoxy) is 2. The van der Waals surface area contributed by atoms with Crippen LogP contribution in [0.1, 0.15) is 56.9 Å². The minimum absolute atomic E-state index is 0.0749. The van der Waals surface area contributed by atoms with Crippen LogP contribution >= 0.6 is 23.2 Å². The lowest BCUT2D eigenvalue weighted by Gasteiger charge is -2.37. The van der Waals surface area contributed by atoms with Crippen molar-refractivity contribution in [3.05, 3.63) is 74.5 Å². The summed E-state index contributed by atoms with van der Waals surface area (Å²) in [5.74, 6) is 0.173. The van der Waals surface area contributed by atoms with Gasteiger partial charge in [0.15, 0.2) is 29.7 Å². The van der Waals surface area contributed by atoms with Crippen molar-refractivity contribution >= 4 is 46.4 Å². The van der Waals surface area contributed by atoms with E-state index in [0.29, 0.717) is 57.8 Å². The smallest absolute Gasteiger partial charge is 0.262 e. The molecule has 2 aliphatic carbocycles. The van der Waals surface area contributed by atoms with Crippen LogP contribution < -0.4 is 20.1 Å². The molecule has 0 saturated carbocycles. The van der Waals surface area contributed by atoms with Gasteiger partial charge in [0.25, 0.3) is 5.91 Å². The Morgan fingerprint density at radius 2 is 1.58 bits per heavy atom. The largest absolute Gasteiger partial charge is 0.490 e. The van der Waals surface area contributed by atoms with Gasteiger partial charge in [-0.25, -0.2) is 0 Å². The number of hydrogen-bond donors (Lipinski definition) is 2. The van der Waals surface area contributed by atoms with Gasteiger partial charge < -0.3 is 20.1 Å². The number of carbonyl (C=O) groups is 3. The zero-order valence-electron chi connectivity index (χ0n) is 21.0. The van der Waals surface area contributed by atoms with Crippen LogP contribution in [0.15, 0.2) is 58.9 Å². The number of carbonyl (C=O) groups excluding carboxylic acids is 3. The molecule has 198 valence electrons. The molecule has 0 bridgehead atoms. The van der Waals surface area contributed by atoms with Crippen LogP contribution in [0, 0.1) is 0 Å². The third kappa shape index (κ3) is 5.31. The quantitative estimate of drug-likeness (QED) is 0.428. The summed E-state index contributed by atoms with van der Waals surface area (Å²) in [5.41, 5.74) is 4.52. The summed E-state index contributed by atoms with van der Waals surface area (Å²) >= 11 is 12.0. The molecule has 0 aromatic heterocycles. The number of dihydropyridines is 1. The molecule has 2 N–H and O–H groups in total. The Bertz CT molecular complexity index is 1340. The summed E-state index contributed by atoms with van der Waals surface area (Å²) < 4.78 is 11.7. The highest BCUT2D eigenvalue weighted by Gasteiger charge is 2.40. The maximum absolute atomic E-state index is 13.1. The number of anilines is 1. The molecule has 7 nitrogen and oxygen atoms in total. The topological polar surface area (TPSA) is 93.7 Å². The van der Waals surface area contributed by atoms with E-state index in [2.05, 4.69) is 10.6 Å². The maximum atomic E-state index is 13.1. The number of ketones is 2. The van der Waals surface area contributed by atoms with E-state index < -0.39 is 5.92 Å². The minimum atomic E-state index is -0.437. The average Bonchev–Trinajstić information content (AvgIpc) is 2.89. The van der Waals surface area contributed by atoms with Crippen LogP contribution in [0.5, 0.6) is 11.5 Å². The Labute approximate surface area is 231 Å². The van der Waals surface area contributed by atoms with Crippen molar-refractivity contribution in [2.75, 3.05) is 18.5 Å². The van der Waals surface area contributed by atoms with Gasteiger partial charge in [0.05, 0.1) is 16.7 Å². The van der Waals surface area contributed by atoms with Gasteiger partial charge in [0.1, 0.15) is 0 Å². The van der Waals surface area contributed by atoms with Gasteiger partial charge in [-0.3, -0.25) is 14.4 Å². The Morgan fingerprint density at radius 1 is 0.895 bits per heavy atom. The predicted octanol–water partition coefficient (Wildman–Crippen LogP) is 6.11. The molecule has 0 atom stereocenters. The highest BCUT2D eigenvalue weighted by Crippen LogP contribution is 2.46. The van der Waals surface area contributed by atoms with Gasteiger partial charge >= 0.3 is 0 Å². The third-order valence-electron chi connectivity index (χ3n) is 6.95. The van der Waals surface area contributed by atoms with Crippen molar-refractivity contribution in [3.63, 3.8) is 0 Å². The van der Waals surface area contributed by atoms with Gasteiger partial charge in [-0.05, 0) is 68.5 Å². The lowest BCUT2D eigenvalue weighted by atomic mass is 9.71. The molecule has 0 fully saturated rings. The Hall–Kier alpha value is -3.29. The number of hydrogen-bond acceptors (Lipinski definition) is 6. The molecule has 1 aliphatic heterocycles. The predicted molar refractivity (Wildman–Crippen MR) is 146 cm³/mol. The number of rotatable bonds is 7. The molecule has 2 aromatic rings. The van der Waals surface area contributed by atoms with Crippen LogP contribution in [0.25, 0.3) is 0 Å². The van der Waals surface area contributed by atoms with E-state index in [1.54, 1.807) is 24.3 Å². The Morgan fingerprint density at radius 3 is 2.21 bits per heavy atom. The van der Waals surface area contributed by atoms with Crippen LogP contribution in [0.4, 0.5) is 5.69 Å². The number of allylic oxidation sites excluding steroid dienone is 4. The molecule has 0 radical (unpaired) electrons. The molecule has 2 aromatic carbocycles. The molecule has 3 aliphatic rings. The van der Waals surface area contributed by atoms with E-state index in [0.717, 1.165) is 42.6 Å². The monoisotopic (exact) mass is 554 g/mol. The van der Waals surface area contributed by atoms with E-state index in [1.807, 2.05) is 19.1 Å². The highest BCUT2D eigenvalue weighted by atomic mass is 35.5. The van der Waals surface area contributed by atoms with Gasteiger partial charge in [-0.1, -0.05) is 29.3 Å². The summed E-state index contributed by atoms with van der Waals surface area (Å²) in [6.45, 7) is 1.98. The molecule has 5 rings (SSSR count). The SMILES string of the molecule is CCOc1cc(C2C3=C(CCCC3=O)NC3=C2C(=O)CCC3)ccc1OCC(=O)Nc1ccc(Cl)c(Cl)c1. The second-order valence-electron chi connectivity index (χ2n) is 9.50.